The van der Waals surface area contributed by atoms with Crippen LogP contribution in [0.15, 0.2) is 36.4 Å². The molecule has 0 spiro atoms. The van der Waals surface area contributed by atoms with E-state index in [1.807, 2.05) is 24.3 Å². The minimum Gasteiger partial charge on any atom is -0.480 e. The first-order valence-corrected chi connectivity index (χ1v) is 8.45. The zero-order valence-electron chi connectivity index (χ0n) is 12.8. The molecule has 2 aromatic carbocycles. The Hall–Kier alpha value is -2.00. The Morgan fingerprint density at radius 3 is 2.91 bits per heavy atom. The first kappa shape index (κ1) is 14.6. The molecule has 0 unspecified atom stereocenters. The minimum atomic E-state index is -0.483. The van der Waals surface area contributed by atoms with Gasteiger partial charge in [-0.1, -0.05) is 23.7 Å². The summed E-state index contributed by atoms with van der Waals surface area (Å²) in [5, 5.41) is 3.74. The molecule has 1 heterocycles. The lowest BCUT2D eigenvalue weighted by Crippen LogP contribution is -2.32. The van der Waals surface area contributed by atoms with Gasteiger partial charge in [0.2, 0.25) is 0 Å². The van der Waals surface area contributed by atoms with Gasteiger partial charge < -0.3 is 10.1 Å². The van der Waals surface area contributed by atoms with Gasteiger partial charge >= 0.3 is 0 Å². The van der Waals surface area contributed by atoms with E-state index >= 15 is 0 Å². The maximum Gasteiger partial charge on any atom is 0.265 e. The highest BCUT2D eigenvalue weighted by atomic mass is 35.5. The number of benzene rings is 2. The van der Waals surface area contributed by atoms with Gasteiger partial charge in [0.25, 0.3) is 5.91 Å². The van der Waals surface area contributed by atoms with E-state index < -0.39 is 6.10 Å². The van der Waals surface area contributed by atoms with Gasteiger partial charge in [-0.05, 0) is 66.6 Å². The Kier molecular flexibility index (Phi) is 3.74. The number of carbonyl (C=O) groups is 1. The summed E-state index contributed by atoms with van der Waals surface area (Å²) in [4.78, 5) is 12.6. The highest BCUT2D eigenvalue weighted by Crippen LogP contribution is 2.32. The Balaban J connectivity index is 1.52. The number of ether oxygens (including phenoxy) is 1. The second-order valence-corrected chi connectivity index (χ2v) is 6.64. The SMILES string of the molecule is O=C(Nc1cccc2c1CCCC2)[C@H]1Cc2cc(Cl)ccc2O1. The Morgan fingerprint density at radius 1 is 1.13 bits per heavy atom. The van der Waals surface area contributed by atoms with Crippen LogP contribution < -0.4 is 10.1 Å². The van der Waals surface area contributed by atoms with Crippen molar-refractivity contribution in [3.63, 3.8) is 0 Å². The van der Waals surface area contributed by atoms with Gasteiger partial charge in [0.15, 0.2) is 6.10 Å². The summed E-state index contributed by atoms with van der Waals surface area (Å²) in [6.45, 7) is 0. The van der Waals surface area contributed by atoms with Crippen molar-refractivity contribution < 1.29 is 9.53 Å². The van der Waals surface area contributed by atoms with Crippen LogP contribution in [0.4, 0.5) is 5.69 Å². The monoisotopic (exact) mass is 327 g/mol. The standard InChI is InChI=1S/C19H18ClNO2/c20-14-8-9-17-13(10-14)11-18(23-17)19(22)21-16-7-3-5-12-4-1-2-6-15(12)16/h3,5,7-10,18H,1-2,4,6,11H2,(H,21,22)/t18-/m1/s1. The number of fused-ring (bicyclic) bond motifs is 2. The number of hydrogen-bond donors (Lipinski definition) is 1. The normalized spacial score (nSPS) is 18.7. The molecule has 0 fully saturated rings. The average molecular weight is 328 g/mol. The number of amides is 1. The highest BCUT2D eigenvalue weighted by Gasteiger charge is 2.29. The number of carbonyl (C=O) groups excluding carboxylic acids is 1. The summed E-state index contributed by atoms with van der Waals surface area (Å²) >= 11 is 6.00. The fourth-order valence-electron chi connectivity index (χ4n) is 3.48. The number of nitrogens with one attached hydrogen (secondary N) is 1. The quantitative estimate of drug-likeness (QED) is 0.899. The van der Waals surface area contributed by atoms with E-state index in [-0.39, 0.29) is 5.91 Å². The second kappa shape index (κ2) is 5.89. The van der Waals surface area contributed by atoms with Crippen LogP contribution in [0.25, 0.3) is 0 Å². The van der Waals surface area contributed by atoms with Crippen molar-refractivity contribution in [3.8, 4) is 5.75 Å². The lowest BCUT2D eigenvalue weighted by Gasteiger charge is -2.20. The number of rotatable bonds is 2. The third kappa shape index (κ3) is 2.81. The molecular formula is C19H18ClNO2. The Bertz CT molecular complexity index is 772. The first-order chi connectivity index (χ1) is 11.2. The molecule has 4 heteroatoms. The number of anilines is 1. The molecule has 0 bridgehead atoms. The van der Waals surface area contributed by atoms with E-state index in [0.717, 1.165) is 29.8 Å². The zero-order chi connectivity index (χ0) is 15.8. The summed E-state index contributed by atoms with van der Waals surface area (Å²) in [7, 11) is 0. The van der Waals surface area contributed by atoms with Crippen molar-refractivity contribution in [1.82, 2.24) is 0 Å². The van der Waals surface area contributed by atoms with Gasteiger partial charge in [0.1, 0.15) is 5.75 Å². The van der Waals surface area contributed by atoms with Crippen LogP contribution in [0.3, 0.4) is 0 Å². The predicted molar refractivity (Wildman–Crippen MR) is 91.3 cm³/mol. The smallest absolute Gasteiger partial charge is 0.265 e. The molecule has 0 saturated carbocycles. The molecule has 2 aliphatic rings. The number of aryl methyl sites for hydroxylation is 1. The van der Waals surface area contributed by atoms with E-state index in [9.17, 15) is 4.79 Å². The van der Waals surface area contributed by atoms with Crippen molar-refractivity contribution in [3.05, 3.63) is 58.1 Å². The van der Waals surface area contributed by atoms with E-state index in [2.05, 4.69) is 11.4 Å². The van der Waals surface area contributed by atoms with Gasteiger partial charge in [-0.3, -0.25) is 4.79 Å². The molecule has 1 amide bonds. The summed E-state index contributed by atoms with van der Waals surface area (Å²) in [6, 6.07) is 11.6. The van der Waals surface area contributed by atoms with Crippen LogP contribution >= 0.6 is 11.6 Å². The fraction of sp³-hybridized carbons (Fsp3) is 0.316. The molecule has 3 nitrogen and oxygen atoms in total. The topological polar surface area (TPSA) is 38.3 Å². The van der Waals surface area contributed by atoms with Crippen LogP contribution in [-0.2, 0) is 24.1 Å². The molecule has 118 valence electrons. The lowest BCUT2D eigenvalue weighted by atomic mass is 9.90. The molecule has 0 radical (unpaired) electrons. The van der Waals surface area contributed by atoms with E-state index in [0.29, 0.717) is 11.4 Å². The Morgan fingerprint density at radius 2 is 2.00 bits per heavy atom. The van der Waals surface area contributed by atoms with Gasteiger partial charge in [0, 0.05) is 17.1 Å². The van der Waals surface area contributed by atoms with Crippen LogP contribution in [0.1, 0.15) is 29.5 Å². The highest BCUT2D eigenvalue weighted by molar-refractivity contribution is 6.30. The van der Waals surface area contributed by atoms with E-state index in [4.69, 9.17) is 16.3 Å². The number of hydrogen-bond acceptors (Lipinski definition) is 2. The van der Waals surface area contributed by atoms with Gasteiger partial charge in [-0.25, -0.2) is 0 Å². The second-order valence-electron chi connectivity index (χ2n) is 6.20. The van der Waals surface area contributed by atoms with Crippen molar-refractivity contribution in [2.75, 3.05) is 5.32 Å². The largest absolute Gasteiger partial charge is 0.480 e. The summed E-state index contributed by atoms with van der Waals surface area (Å²) in [5.41, 5.74) is 4.57. The van der Waals surface area contributed by atoms with Crippen LogP contribution in [0.5, 0.6) is 5.75 Å². The maximum absolute atomic E-state index is 12.6. The molecule has 1 aliphatic carbocycles. The van der Waals surface area contributed by atoms with E-state index in [1.165, 1.54) is 24.0 Å². The third-order valence-electron chi connectivity index (χ3n) is 4.64. The molecular weight excluding hydrogens is 310 g/mol. The molecule has 1 atom stereocenters. The molecule has 0 saturated heterocycles. The maximum atomic E-state index is 12.6. The fourth-order valence-corrected chi connectivity index (χ4v) is 3.67. The van der Waals surface area contributed by atoms with Crippen molar-refractivity contribution in [2.45, 2.75) is 38.2 Å². The minimum absolute atomic E-state index is 0.0868. The number of halogens is 1. The zero-order valence-corrected chi connectivity index (χ0v) is 13.5. The Labute approximate surface area is 140 Å². The molecule has 2 aromatic rings. The van der Waals surface area contributed by atoms with Gasteiger partial charge in [0.05, 0.1) is 0 Å². The van der Waals surface area contributed by atoms with Crippen LogP contribution in [0.2, 0.25) is 5.02 Å². The van der Waals surface area contributed by atoms with Crippen LogP contribution in [0, 0.1) is 0 Å². The summed E-state index contributed by atoms with van der Waals surface area (Å²) < 4.78 is 5.77. The van der Waals surface area contributed by atoms with Crippen LogP contribution in [-0.4, -0.2) is 12.0 Å². The summed E-state index contributed by atoms with van der Waals surface area (Å²) in [5.74, 6) is 0.668. The van der Waals surface area contributed by atoms with Crippen molar-refractivity contribution >= 4 is 23.2 Å². The predicted octanol–water partition coefficient (Wildman–Crippen LogP) is 4.16. The first-order valence-electron chi connectivity index (χ1n) is 8.07. The van der Waals surface area contributed by atoms with Crippen molar-refractivity contribution in [1.29, 1.82) is 0 Å². The lowest BCUT2D eigenvalue weighted by molar-refractivity contribution is -0.122. The molecule has 4 rings (SSSR count). The molecule has 23 heavy (non-hydrogen) atoms. The molecule has 1 N–H and O–H groups in total. The molecule has 1 aliphatic heterocycles. The molecule has 0 aromatic heterocycles. The summed E-state index contributed by atoms with van der Waals surface area (Å²) in [6.07, 6.45) is 4.63. The third-order valence-corrected chi connectivity index (χ3v) is 4.88. The average Bonchev–Trinajstić information content (AvgIpc) is 2.98. The van der Waals surface area contributed by atoms with E-state index in [1.54, 1.807) is 6.07 Å². The van der Waals surface area contributed by atoms with Crippen molar-refractivity contribution in [2.24, 2.45) is 0 Å². The van der Waals surface area contributed by atoms with Gasteiger partial charge in [-0.15, -0.1) is 0 Å². The van der Waals surface area contributed by atoms with Gasteiger partial charge in [-0.2, -0.15) is 0 Å².